The summed E-state index contributed by atoms with van der Waals surface area (Å²) in [5.74, 6) is 0.525. The summed E-state index contributed by atoms with van der Waals surface area (Å²) in [7, 11) is -0.660. The average Bonchev–Trinajstić information content (AvgIpc) is 2.57. The van der Waals surface area contributed by atoms with E-state index < -0.39 is 8.80 Å². The molecule has 0 N–H and O–H groups in total. The predicted octanol–water partition coefficient (Wildman–Crippen LogP) is 5.46. The van der Waals surface area contributed by atoms with Crippen molar-refractivity contribution in [2.75, 3.05) is 19.8 Å². The number of ether oxygens (including phenoxy) is 2. The number of hydrogen-bond acceptors (Lipinski definition) is 2. The van der Waals surface area contributed by atoms with E-state index in [0.29, 0.717) is 17.6 Å². The summed E-state index contributed by atoms with van der Waals surface area (Å²) in [5, 5.41) is 0.392. The normalized spacial score (nSPS) is 13.2. The third-order valence-corrected chi connectivity index (χ3v) is 8.27. The molecule has 0 saturated carbocycles. The lowest BCUT2D eigenvalue weighted by atomic mass is 10.0. The monoisotopic (exact) mass is 348 g/mol. The molecule has 0 spiro atoms. The smallest absolute Gasteiger partial charge is 0.0716 e. The van der Waals surface area contributed by atoms with Crippen molar-refractivity contribution < 1.29 is 9.47 Å². The molecular formula is C21H36O2Si. The van der Waals surface area contributed by atoms with Crippen LogP contribution in [0.2, 0.25) is 18.1 Å². The van der Waals surface area contributed by atoms with Gasteiger partial charge in [-0.05, 0) is 35.8 Å². The molecule has 3 heteroatoms. The SMILES string of the molecule is C=CC(CCCOCC(C)(C)[SiH](C)C)CCOCc1ccccc1. The molecule has 136 valence electrons. The van der Waals surface area contributed by atoms with E-state index in [2.05, 4.69) is 51.7 Å². The fraction of sp³-hybridized carbons (Fsp3) is 0.619. The number of benzene rings is 1. The van der Waals surface area contributed by atoms with Crippen molar-refractivity contribution in [1.29, 1.82) is 0 Å². The Morgan fingerprint density at radius 1 is 1.08 bits per heavy atom. The maximum Gasteiger partial charge on any atom is 0.0716 e. The zero-order valence-electron chi connectivity index (χ0n) is 16.1. The fourth-order valence-corrected chi connectivity index (χ4v) is 2.78. The van der Waals surface area contributed by atoms with Gasteiger partial charge in [0, 0.05) is 28.6 Å². The van der Waals surface area contributed by atoms with Crippen LogP contribution in [0.4, 0.5) is 0 Å². The molecule has 0 aliphatic heterocycles. The molecule has 0 heterocycles. The summed E-state index contributed by atoms with van der Waals surface area (Å²) in [6.45, 7) is 16.7. The molecule has 0 aliphatic rings. The third-order valence-electron chi connectivity index (χ3n) is 4.98. The summed E-state index contributed by atoms with van der Waals surface area (Å²) in [5.41, 5.74) is 1.23. The third kappa shape index (κ3) is 8.81. The molecule has 0 amide bonds. The Hall–Kier alpha value is -0.903. The molecule has 1 aromatic carbocycles. The minimum absolute atomic E-state index is 0.392. The van der Waals surface area contributed by atoms with Crippen LogP contribution in [-0.4, -0.2) is 28.6 Å². The van der Waals surface area contributed by atoms with Crippen molar-refractivity contribution in [3.05, 3.63) is 48.6 Å². The van der Waals surface area contributed by atoms with Crippen LogP contribution in [0.25, 0.3) is 0 Å². The Labute approximate surface area is 150 Å². The van der Waals surface area contributed by atoms with Gasteiger partial charge in [-0.3, -0.25) is 0 Å². The molecule has 1 rings (SSSR count). The van der Waals surface area contributed by atoms with Gasteiger partial charge in [0.15, 0.2) is 0 Å². The first-order chi connectivity index (χ1) is 11.5. The standard InChI is InChI=1S/C21H36O2Si/c1-6-19(13-10-15-23-18-21(2,3)24(4)5)14-16-22-17-20-11-8-7-9-12-20/h6-9,11-12,19,24H,1,10,13-18H2,2-5H3. The van der Waals surface area contributed by atoms with Crippen molar-refractivity contribution in [2.45, 2.75) is 57.8 Å². The highest BCUT2D eigenvalue weighted by molar-refractivity contribution is 6.59. The first-order valence-electron chi connectivity index (χ1n) is 9.27. The maximum absolute atomic E-state index is 5.91. The Morgan fingerprint density at radius 2 is 1.79 bits per heavy atom. The lowest BCUT2D eigenvalue weighted by Gasteiger charge is -2.28. The molecule has 1 aromatic rings. The van der Waals surface area contributed by atoms with Crippen LogP contribution < -0.4 is 0 Å². The van der Waals surface area contributed by atoms with Gasteiger partial charge in [-0.1, -0.05) is 63.3 Å². The molecular weight excluding hydrogens is 312 g/mol. The van der Waals surface area contributed by atoms with E-state index in [1.807, 2.05) is 18.2 Å². The van der Waals surface area contributed by atoms with Crippen LogP contribution in [0, 0.1) is 5.92 Å². The summed E-state index contributed by atoms with van der Waals surface area (Å²) in [4.78, 5) is 0. The van der Waals surface area contributed by atoms with Gasteiger partial charge in [0.1, 0.15) is 0 Å². The minimum Gasteiger partial charge on any atom is -0.381 e. The van der Waals surface area contributed by atoms with Gasteiger partial charge in [-0.25, -0.2) is 0 Å². The quantitative estimate of drug-likeness (QED) is 0.268. The lowest BCUT2D eigenvalue weighted by molar-refractivity contribution is 0.0987. The summed E-state index contributed by atoms with van der Waals surface area (Å²) in [6.07, 6.45) is 5.35. The van der Waals surface area contributed by atoms with Gasteiger partial charge in [0.25, 0.3) is 0 Å². The maximum atomic E-state index is 5.91. The van der Waals surface area contributed by atoms with Gasteiger partial charge in [0.2, 0.25) is 0 Å². The van der Waals surface area contributed by atoms with E-state index in [1.54, 1.807) is 0 Å². The predicted molar refractivity (Wildman–Crippen MR) is 107 cm³/mol. The van der Waals surface area contributed by atoms with Crippen LogP contribution in [-0.2, 0) is 16.1 Å². The average molecular weight is 349 g/mol. The Bertz CT molecular complexity index is 442. The van der Waals surface area contributed by atoms with E-state index in [9.17, 15) is 0 Å². The van der Waals surface area contributed by atoms with E-state index in [4.69, 9.17) is 9.47 Å². The molecule has 1 atom stereocenters. The molecule has 0 bridgehead atoms. The van der Waals surface area contributed by atoms with Crippen molar-refractivity contribution in [2.24, 2.45) is 5.92 Å². The van der Waals surface area contributed by atoms with E-state index in [0.717, 1.165) is 39.1 Å². The second-order valence-corrected chi connectivity index (χ2v) is 11.5. The van der Waals surface area contributed by atoms with Crippen LogP contribution in [0.1, 0.15) is 38.7 Å². The zero-order valence-corrected chi connectivity index (χ0v) is 17.2. The van der Waals surface area contributed by atoms with Crippen molar-refractivity contribution >= 4 is 8.80 Å². The van der Waals surface area contributed by atoms with Crippen molar-refractivity contribution in [1.82, 2.24) is 0 Å². The summed E-state index contributed by atoms with van der Waals surface area (Å²) in [6, 6.07) is 10.3. The molecule has 2 nitrogen and oxygen atoms in total. The van der Waals surface area contributed by atoms with Crippen molar-refractivity contribution in [3.8, 4) is 0 Å². The topological polar surface area (TPSA) is 18.5 Å². The molecule has 0 radical (unpaired) electrons. The number of rotatable bonds is 13. The lowest BCUT2D eigenvalue weighted by Crippen LogP contribution is -2.26. The van der Waals surface area contributed by atoms with Gasteiger partial charge in [-0.2, -0.15) is 0 Å². The van der Waals surface area contributed by atoms with Gasteiger partial charge < -0.3 is 9.47 Å². The zero-order chi connectivity index (χ0) is 17.8. The molecule has 24 heavy (non-hydrogen) atoms. The van der Waals surface area contributed by atoms with Crippen LogP contribution in [0.3, 0.4) is 0 Å². The molecule has 0 saturated heterocycles. The van der Waals surface area contributed by atoms with Gasteiger partial charge >= 0.3 is 0 Å². The number of allylic oxidation sites excluding steroid dienone is 1. The molecule has 1 unspecified atom stereocenters. The first-order valence-corrected chi connectivity index (χ1v) is 12.2. The van der Waals surface area contributed by atoms with Crippen LogP contribution >= 0.6 is 0 Å². The molecule has 0 fully saturated rings. The van der Waals surface area contributed by atoms with E-state index in [1.165, 1.54) is 5.56 Å². The Kier molecular flexibility index (Phi) is 10.2. The van der Waals surface area contributed by atoms with Gasteiger partial charge in [0.05, 0.1) is 6.61 Å². The second kappa shape index (κ2) is 11.6. The summed E-state index contributed by atoms with van der Waals surface area (Å²) < 4.78 is 11.7. The van der Waals surface area contributed by atoms with Gasteiger partial charge in [-0.15, -0.1) is 6.58 Å². The second-order valence-electron chi connectivity index (χ2n) is 7.66. The largest absolute Gasteiger partial charge is 0.381 e. The number of hydrogen-bond donors (Lipinski definition) is 0. The van der Waals surface area contributed by atoms with E-state index in [-0.39, 0.29) is 0 Å². The molecule has 0 aliphatic carbocycles. The Balaban J connectivity index is 2.09. The summed E-state index contributed by atoms with van der Waals surface area (Å²) >= 11 is 0. The Morgan fingerprint density at radius 3 is 2.42 bits per heavy atom. The highest BCUT2D eigenvalue weighted by Gasteiger charge is 2.23. The van der Waals surface area contributed by atoms with E-state index >= 15 is 0 Å². The van der Waals surface area contributed by atoms with Crippen molar-refractivity contribution in [3.63, 3.8) is 0 Å². The minimum atomic E-state index is -0.660. The fourth-order valence-electron chi connectivity index (χ4n) is 2.33. The molecule has 0 aromatic heterocycles. The highest BCUT2D eigenvalue weighted by atomic mass is 28.3. The highest BCUT2D eigenvalue weighted by Crippen LogP contribution is 2.28. The first kappa shape index (κ1) is 21.1. The van der Waals surface area contributed by atoms with Crippen LogP contribution in [0.5, 0.6) is 0 Å². The van der Waals surface area contributed by atoms with Crippen LogP contribution in [0.15, 0.2) is 43.0 Å².